The minimum atomic E-state index is 0.582. The summed E-state index contributed by atoms with van der Waals surface area (Å²) in [5, 5.41) is 1.73. The fourth-order valence-corrected chi connectivity index (χ4v) is 3.17. The van der Waals surface area contributed by atoms with Gasteiger partial charge in [-0.25, -0.2) is 0 Å². The second-order valence-electron chi connectivity index (χ2n) is 5.40. The van der Waals surface area contributed by atoms with Gasteiger partial charge in [-0.05, 0) is 57.3 Å². The zero-order chi connectivity index (χ0) is 11.0. The summed E-state index contributed by atoms with van der Waals surface area (Å²) in [7, 11) is 0. The molecule has 3 aliphatic rings. The molecule has 0 aromatic carbocycles. The number of ether oxygens (including phenoxy) is 1. The molecule has 1 N–H and O–H groups in total. The molecule has 3 rings (SSSR count). The summed E-state index contributed by atoms with van der Waals surface area (Å²) in [6.07, 6.45) is 5.17. The van der Waals surface area contributed by atoms with E-state index in [1.54, 1.807) is 5.31 Å². The molecule has 0 unspecified atom stereocenters. The van der Waals surface area contributed by atoms with Crippen molar-refractivity contribution in [3.05, 3.63) is 0 Å². The topological polar surface area (TPSA) is 24.5 Å². The van der Waals surface area contributed by atoms with E-state index in [1.807, 2.05) is 0 Å². The first-order chi connectivity index (χ1) is 7.77. The lowest BCUT2D eigenvalue weighted by atomic mass is 9.71. The van der Waals surface area contributed by atoms with Crippen molar-refractivity contribution in [1.29, 1.82) is 0 Å². The van der Waals surface area contributed by atoms with Crippen molar-refractivity contribution >= 4 is 0 Å². The van der Waals surface area contributed by atoms with E-state index in [4.69, 9.17) is 6.15 Å². The van der Waals surface area contributed by atoms with Gasteiger partial charge in [0.1, 0.15) is 1.41 Å². The van der Waals surface area contributed by atoms with Crippen LogP contribution in [-0.2, 0) is 4.74 Å². The van der Waals surface area contributed by atoms with Crippen molar-refractivity contribution in [2.45, 2.75) is 31.7 Å². The molecule has 0 aromatic heterocycles. The molecular weight excluding hydrogens is 188 g/mol. The Morgan fingerprint density at radius 3 is 2.33 bits per heavy atom. The maximum atomic E-state index is 7.63. The molecule has 15 heavy (non-hydrogen) atoms. The van der Waals surface area contributed by atoms with Crippen molar-refractivity contribution in [3.8, 4) is 0 Å². The van der Waals surface area contributed by atoms with Gasteiger partial charge >= 0.3 is 0 Å². The van der Waals surface area contributed by atoms with E-state index in [0.717, 1.165) is 26.3 Å². The average molecular weight is 211 g/mol. The summed E-state index contributed by atoms with van der Waals surface area (Å²) < 4.78 is 12.9. The van der Waals surface area contributed by atoms with Gasteiger partial charge in [0.2, 0.25) is 0 Å². The van der Waals surface area contributed by atoms with Crippen LogP contribution in [0.5, 0.6) is 0 Å². The van der Waals surface area contributed by atoms with Gasteiger partial charge in [0.25, 0.3) is 0 Å². The molecule has 0 saturated carbocycles. The fraction of sp³-hybridized carbons (Fsp3) is 1.00. The number of hydrogen-bond acceptors (Lipinski definition) is 3. The smallest absolute Gasteiger partial charge is 0.122 e. The van der Waals surface area contributed by atoms with Crippen molar-refractivity contribution in [1.82, 2.24) is 10.2 Å². The summed E-state index contributed by atoms with van der Waals surface area (Å²) in [5.74, 6) is 0. The van der Waals surface area contributed by atoms with E-state index in [2.05, 4.69) is 4.90 Å². The van der Waals surface area contributed by atoms with Gasteiger partial charge in [0.15, 0.2) is 0 Å². The molecule has 3 fully saturated rings. The first kappa shape index (κ1) is 8.97. The second kappa shape index (κ2) is 4.04. The number of nitrogens with one attached hydrogen (secondary N) is 1. The Hall–Kier alpha value is -0.120. The second-order valence-corrected chi connectivity index (χ2v) is 5.40. The standard InChI is InChI=1S/C12H22N2O/c1-5-13-6-2-12(1)3-7-14(8-4-12)11-9-15-10-11/h11,13H,1-10H2/i/hD. The van der Waals surface area contributed by atoms with Crippen LogP contribution in [-0.4, -0.2) is 50.3 Å². The Morgan fingerprint density at radius 2 is 1.80 bits per heavy atom. The molecular formula is C12H22N2O. The van der Waals surface area contributed by atoms with Gasteiger partial charge in [-0.3, -0.25) is 4.90 Å². The molecule has 0 amide bonds. The molecule has 0 bridgehead atoms. The zero-order valence-corrected chi connectivity index (χ0v) is 9.45. The van der Waals surface area contributed by atoms with Crippen LogP contribution in [0.4, 0.5) is 0 Å². The molecule has 0 atom stereocenters. The molecule has 1 spiro atoms. The number of nitrogens with zero attached hydrogens (tertiary/aromatic N) is 1. The van der Waals surface area contributed by atoms with E-state index in [9.17, 15) is 0 Å². The van der Waals surface area contributed by atoms with Crippen LogP contribution in [0.1, 0.15) is 25.7 Å². The molecule has 86 valence electrons. The molecule has 3 aliphatic heterocycles. The first-order valence-corrected chi connectivity index (χ1v) is 6.33. The van der Waals surface area contributed by atoms with Crippen LogP contribution < -0.4 is 5.31 Å². The normalized spacial score (nSPS) is 35.1. The number of hydrogen-bond donors (Lipinski definition) is 1. The van der Waals surface area contributed by atoms with E-state index in [0.29, 0.717) is 11.5 Å². The summed E-state index contributed by atoms with van der Waals surface area (Å²) in [6, 6.07) is 0.716. The molecule has 0 aromatic rings. The molecule has 0 aliphatic carbocycles. The molecule has 3 heterocycles. The van der Waals surface area contributed by atoms with Gasteiger partial charge in [0, 0.05) is 0 Å². The highest BCUT2D eigenvalue weighted by atomic mass is 16.5. The van der Waals surface area contributed by atoms with Crippen LogP contribution in [0.3, 0.4) is 0 Å². The Kier molecular flexibility index (Phi) is 2.41. The number of rotatable bonds is 1. The average Bonchev–Trinajstić information content (AvgIpc) is 2.24. The maximum Gasteiger partial charge on any atom is 0.122 e. The van der Waals surface area contributed by atoms with E-state index >= 15 is 0 Å². The molecule has 3 saturated heterocycles. The third-order valence-electron chi connectivity index (χ3n) is 4.60. The van der Waals surface area contributed by atoms with Crippen LogP contribution in [0.25, 0.3) is 0 Å². The first-order valence-electron chi connectivity index (χ1n) is 6.78. The predicted molar refractivity (Wildman–Crippen MR) is 60.0 cm³/mol. The van der Waals surface area contributed by atoms with Crippen molar-refractivity contribution < 1.29 is 6.15 Å². The van der Waals surface area contributed by atoms with Crippen molar-refractivity contribution in [2.24, 2.45) is 5.41 Å². The van der Waals surface area contributed by atoms with Gasteiger partial charge in [-0.1, -0.05) is 0 Å². The summed E-state index contributed by atoms with van der Waals surface area (Å²) in [6.45, 7) is 6.37. The highest BCUT2D eigenvalue weighted by Gasteiger charge is 2.38. The lowest BCUT2D eigenvalue weighted by Gasteiger charge is -2.48. The Balaban J connectivity index is 1.53. The van der Waals surface area contributed by atoms with Gasteiger partial charge in [-0.15, -0.1) is 0 Å². The number of piperidine rings is 2. The van der Waals surface area contributed by atoms with Crippen LogP contribution >= 0.6 is 0 Å². The molecule has 0 radical (unpaired) electrons. The zero-order valence-electron chi connectivity index (χ0n) is 10.5. The summed E-state index contributed by atoms with van der Waals surface area (Å²) >= 11 is 0. The van der Waals surface area contributed by atoms with Crippen LogP contribution in [0.2, 0.25) is 1.41 Å². The van der Waals surface area contributed by atoms with Gasteiger partial charge in [0.05, 0.1) is 19.3 Å². The van der Waals surface area contributed by atoms with Gasteiger partial charge in [-0.2, -0.15) is 0 Å². The minimum absolute atomic E-state index is 0.582. The van der Waals surface area contributed by atoms with Crippen molar-refractivity contribution in [3.63, 3.8) is 0 Å². The third kappa shape index (κ3) is 1.93. The number of likely N-dealkylation sites (tertiary alicyclic amines) is 1. The Bertz CT molecular complexity index is 239. The van der Waals surface area contributed by atoms with Crippen LogP contribution in [0, 0.1) is 5.41 Å². The predicted octanol–water partition coefficient (Wildman–Crippen LogP) is 0.851. The molecule has 3 heteroatoms. The monoisotopic (exact) mass is 211 g/mol. The fourth-order valence-electron chi connectivity index (χ4n) is 3.17. The highest BCUT2D eigenvalue weighted by molar-refractivity contribution is 4.92. The lowest BCUT2D eigenvalue weighted by Crippen LogP contribution is -2.54. The largest absolute Gasteiger partial charge is 0.378 e. The quantitative estimate of drug-likeness (QED) is 0.696. The molecule has 3 nitrogen and oxygen atoms in total. The van der Waals surface area contributed by atoms with E-state index < -0.39 is 0 Å². The Morgan fingerprint density at radius 1 is 1.13 bits per heavy atom. The summed E-state index contributed by atoms with van der Waals surface area (Å²) in [5.41, 5.74) is 0.582. The maximum absolute atomic E-state index is 7.63. The minimum Gasteiger partial charge on any atom is -0.378 e. The van der Waals surface area contributed by atoms with Crippen molar-refractivity contribution in [2.75, 3.05) is 39.4 Å². The van der Waals surface area contributed by atoms with Crippen LogP contribution in [0.15, 0.2) is 0 Å². The summed E-state index contributed by atoms with van der Waals surface area (Å²) in [4.78, 5) is 2.61. The third-order valence-corrected chi connectivity index (χ3v) is 4.60. The van der Waals surface area contributed by atoms with E-state index in [-0.39, 0.29) is 0 Å². The lowest BCUT2D eigenvalue weighted by molar-refractivity contribution is -0.0839. The van der Waals surface area contributed by atoms with Gasteiger partial charge < -0.3 is 10.0 Å². The SMILES string of the molecule is [2H]N1CCC2(CC1)CCN(C1COC1)CC2. The van der Waals surface area contributed by atoms with E-state index in [1.165, 1.54) is 38.8 Å². The highest BCUT2D eigenvalue weighted by Crippen LogP contribution is 2.40. The Labute approximate surface area is 93.6 Å².